The van der Waals surface area contributed by atoms with Crippen molar-refractivity contribution in [3.05, 3.63) is 29.3 Å². The second-order valence-electron chi connectivity index (χ2n) is 10.5. The zero-order valence-electron chi connectivity index (χ0n) is 17.1. The number of fused-ring (bicyclic) bond motifs is 1. The molecule has 1 aromatic rings. The summed E-state index contributed by atoms with van der Waals surface area (Å²) in [6.07, 6.45) is 7.28. The Hall–Kier alpha value is -1.88. The Morgan fingerprint density at radius 1 is 1.24 bits per heavy atom. The van der Waals surface area contributed by atoms with Crippen LogP contribution in [0.1, 0.15) is 81.3 Å². The van der Waals surface area contributed by atoms with Crippen LogP contribution >= 0.6 is 0 Å². The normalized spacial score (nSPS) is 38.1. The molecule has 2 saturated heterocycles. The summed E-state index contributed by atoms with van der Waals surface area (Å²) >= 11 is 0. The molecule has 7 rings (SSSR count). The van der Waals surface area contributed by atoms with E-state index in [1.165, 1.54) is 18.4 Å². The number of amides is 2. The van der Waals surface area contributed by atoms with Crippen LogP contribution in [0.25, 0.3) is 0 Å². The van der Waals surface area contributed by atoms with Crippen molar-refractivity contribution in [1.29, 1.82) is 0 Å². The Morgan fingerprint density at radius 3 is 2.62 bits per heavy atom. The smallest absolute Gasteiger partial charge is 0.232 e. The number of nitrogens with zero attached hydrogens (tertiary/aromatic N) is 1. The van der Waals surface area contributed by atoms with Crippen molar-refractivity contribution in [3.63, 3.8) is 0 Å². The molecule has 4 unspecified atom stereocenters. The molecule has 0 aromatic heterocycles. The fourth-order valence-electron chi connectivity index (χ4n) is 7.17. The third-order valence-electron chi connectivity index (χ3n) is 8.26. The van der Waals surface area contributed by atoms with Gasteiger partial charge in [0, 0.05) is 24.2 Å². The van der Waals surface area contributed by atoms with Crippen LogP contribution in [-0.2, 0) is 9.59 Å². The number of carbonyl (C=O) groups excluding carboxylic acids is 2. The van der Waals surface area contributed by atoms with Gasteiger partial charge in [-0.15, -0.1) is 0 Å². The number of hydrogen-bond donors (Lipinski definition) is 2. The summed E-state index contributed by atoms with van der Waals surface area (Å²) < 4.78 is 0. The number of hydrogen-bond acceptors (Lipinski definition) is 3. The third kappa shape index (κ3) is 2.77. The summed E-state index contributed by atoms with van der Waals surface area (Å²) in [6, 6.07) is 6.58. The van der Waals surface area contributed by atoms with Gasteiger partial charge >= 0.3 is 0 Å². The number of nitrogens with one attached hydrogen (secondary N) is 1. The van der Waals surface area contributed by atoms with E-state index in [1.807, 2.05) is 12.1 Å². The molecule has 5 heteroatoms. The Balaban J connectivity index is 1.23. The first-order valence-corrected chi connectivity index (χ1v) is 11.4. The van der Waals surface area contributed by atoms with Gasteiger partial charge in [0.2, 0.25) is 11.8 Å². The van der Waals surface area contributed by atoms with Crippen LogP contribution in [0.4, 0.5) is 5.69 Å². The van der Waals surface area contributed by atoms with Crippen LogP contribution in [-0.4, -0.2) is 39.5 Å². The fourth-order valence-corrected chi connectivity index (χ4v) is 7.17. The maximum absolute atomic E-state index is 13.4. The zero-order valence-corrected chi connectivity index (χ0v) is 17.1. The van der Waals surface area contributed by atoms with Crippen molar-refractivity contribution in [2.45, 2.75) is 87.8 Å². The highest BCUT2D eigenvalue weighted by Crippen LogP contribution is 2.52. The second kappa shape index (κ2) is 6.07. The number of carbonyl (C=O) groups is 2. The minimum absolute atomic E-state index is 0.0241. The van der Waals surface area contributed by atoms with Gasteiger partial charge in [-0.3, -0.25) is 9.59 Å². The molecule has 5 nitrogen and oxygen atoms in total. The van der Waals surface area contributed by atoms with Crippen LogP contribution in [0.2, 0.25) is 0 Å². The molecule has 3 aliphatic heterocycles. The SMILES string of the molecule is CC(CC(=O)N1C2CC3CC1CC(O)(C3)C2)C1C(=O)Nc2cccc(C3CC3)c21. The topological polar surface area (TPSA) is 69.6 Å². The van der Waals surface area contributed by atoms with E-state index in [9.17, 15) is 14.7 Å². The van der Waals surface area contributed by atoms with Gasteiger partial charge in [-0.25, -0.2) is 0 Å². The van der Waals surface area contributed by atoms with Crippen molar-refractivity contribution >= 4 is 17.5 Å². The molecule has 6 aliphatic rings. The van der Waals surface area contributed by atoms with Crippen molar-refractivity contribution in [2.24, 2.45) is 11.8 Å². The van der Waals surface area contributed by atoms with Crippen LogP contribution < -0.4 is 5.32 Å². The van der Waals surface area contributed by atoms with E-state index < -0.39 is 5.60 Å². The first-order chi connectivity index (χ1) is 13.9. The lowest BCUT2D eigenvalue weighted by atomic mass is 9.61. The first kappa shape index (κ1) is 17.9. The van der Waals surface area contributed by atoms with Gasteiger partial charge in [0.15, 0.2) is 0 Å². The van der Waals surface area contributed by atoms with E-state index in [0.29, 0.717) is 18.3 Å². The Labute approximate surface area is 171 Å². The molecule has 3 saturated carbocycles. The standard InChI is InChI=1S/C24H30N2O3/c1-13(21-22-18(15-5-6-15)3-2-4-19(22)25-23(21)28)7-20(27)26-16-8-14-9-17(26)12-24(29,10-14)11-16/h2-4,13-17,21,29H,5-12H2,1H3,(H,25,28). The molecule has 4 atom stereocenters. The molecule has 3 aliphatic carbocycles. The van der Waals surface area contributed by atoms with Crippen molar-refractivity contribution in [3.8, 4) is 0 Å². The van der Waals surface area contributed by atoms with E-state index in [0.717, 1.165) is 43.4 Å². The van der Waals surface area contributed by atoms with Gasteiger partial charge in [0.05, 0.1) is 11.5 Å². The van der Waals surface area contributed by atoms with E-state index >= 15 is 0 Å². The number of benzene rings is 1. The average Bonchev–Trinajstić information content (AvgIpc) is 3.41. The van der Waals surface area contributed by atoms with Gasteiger partial charge in [-0.05, 0) is 79.9 Å². The summed E-state index contributed by atoms with van der Waals surface area (Å²) in [6.45, 7) is 2.06. The third-order valence-corrected chi connectivity index (χ3v) is 8.26. The van der Waals surface area contributed by atoms with Gasteiger partial charge in [-0.1, -0.05) is 19.1 Å². The highest BCUT2D eigenvalue weighted by atomic mass is 16.3. The zero-order chi connectivity index (χ0) is 19.9. The molecule has 0 radical (unpaired) electrons. The van der Waals surface area contributed by atoms with Gasteiger partial charge in [-0.2, -0.15) is 0 Å². The fraction of sp³-hybridized carbons (Fsp3) is 0.667. The van der Waals surface area contributed by atoms with Gasteiger partial charge in [0.25, 0.3) is 0 Å². The Bertz CT molecular complexity index is 876. The summed E-state index contributed by atoms with van der Waals surface area (Å²) in [7, 11) is 0. The molecule has 4 bridgehead atoms. The molecule has 5 fully saturated rings. The molecule has 1 aromatic carbocycles. The van der Waals surface area contributed by atoms with Gasteiger partial charge < -0.3 is 15.3 Å². The van der Waals surface area contributed by atoms with Crippen LogP contribution in [0.15, 0.2) is 18.2 Å². The van der Waals surface area contributed by atoms with Crippen LogP contribution in [0, 0.1) is 11.8 Å². The highest BCUT2D eigenvalue weighted by Gasteiger charge is 2.55. The monoisotopic (exact) mass is 394 g/mol. The van der Waals surface area contributed by atoms with E-state index in [1.54, 1.807) is 0 Å². The molecular formula is C24H30N2O3. The van der Waals surface area contributed by atoms with Crippen LogP contribution in [0.3, 0.4) is 0 Å². The summed E-state index contributed by atoms with van der Waals surface area (Å²) in [5, 5.41) is 13.9. The number of piperidine rings is 2. The minimum Gasteiger partial charge on any atom is -0.390 e. The predicted octanol–water partition coefficient (Wildman–Crippen LogP) is 3.53. The van der Waals surface area contributed by atoms with Crippen molar-refractivity contribution < 1.29 is 14.7 Å². The minimum atomic E-state index is -0.539. The maximum atomic E-state index is 13.4. The number of anilines is 1. The average molecular weight is 395 g/mol. The van der Waals surface area contributed by atoms with Crippen molar-refractivity contribution in [2.75, 3.05) is 5.32 Å². The molecule has 29 heavy (non-hydrogen) atoms. The molecule has 3 heterocycles. The Kier molecular flexibility index (Phi) is 3.75. The van der Waals surface area contributed by atoms with Gasteiger partial charge in [0.1, 0.15) is 0 Å². The lowest BCUT2D eigenvalue weighted by molar-refractivity contribution is -0.175. The van der Waals surface area contributed by atoms with E-state index in [4.69, 9.17) is 0 Å². The molecule has 2 N–H and O–H groups in total. The lowest BCUT2D eigenvalue weighted by Crippen LogP contribution is -2.65. The summed E-state index contributed by atoms with van der Waals surface area (Å²) in [5.74, 6) is 1.13. The van der Waals surface area contributed by atoms with E-state index in [-0.39, 0.29) is 35.7 Å². The van der Waals surface area contributed by atoms with Crippen molar-refractivity contribution in [1.82, 2.24) is 4.90 Å². The highest BCUT2D eigenvalue weighted by molar-refractivity contribution is 6.04. The molecule has 0 spiro atoms. The maximum Gasteiger partial charge on any atom is 0.232 e. The largest absolute Gasteiger partial charge is 0.390 e. The predicted molar refractivity (Wildman–Crippen MR) is 110 cm³/mol. The second-order valence-corrected chi connectivity index (χ2v) is 10.5. The van der Waals surface area contributed by atoms with E-state index in [2.05, 4.69) is 23.2 Å². The molecule has 154 valence electrons. The Morgan fingerprint density at radius 2 is 1.97 bits per heavy atom. The quantitative estimate of drug-likeness (QED) is 0.821. The number of rotatable bonds is 4. The molecular weight excluding hydrogens is 364 g/mol. The van der Waals surface area contributed by atoms with Crippen LogP contribution in [0.5, 0.6) is 0 Å². The molecule has 2 amide bonds. The summed E-state index contributed by atoms with van der Waals surface area (Å²) in [5.41, 5.74) is 2.86. The first-order valence-electron chi connectivity index (χ1n) is 11.4. The number of aliphatic hydroxyl groups is 1. The lowest BCUT2D eigenvalue weighted by Gasteiger charge is -2.59. The summed E-state index contributed by atoms with van der Waals surface area (Å²) in [4.78, 5) is 28.3.